The fourth-order valence-electron chi connectivity index (χ4n) is 3.29. The number of hydrogen-bond donors (Lipinski definition) is 0. The van der Waals surface area contributed by atoms with Crippen LogP contribution in [0.4, 0.5) is 4.39 Å². The summed E-state index contributed by atoms with van der Waals surface area (Å²) in [6.45, 7) is 4.65. The van der Waals surface area contributed by atoms with E-state index in [0.29, 0.717) is 30.9 Å². The van der Waals surface area contributed by atoms with Gasteiger partial charge in [0, 0.05) is 18.4 Å². The third kappa shape index (κ3) is 4.50. The van der Waals surface area contributed by atoms with E-state index in [1.807, 2.05) is 19.1 Å². The highest BCUT2D eigenvalue weighted by atomic mass is 19.1. The molecule has 0 aliphatic heterocycles. The first-order chi connectivity index (χ1) is 13.5. The summed E-state index contributed by atoms with van der Waals surface area (Å²) in [5.41, 5.74) is 0.542. The molecule has 2 aromatic rings. The number of ketones is 1. The van der Waals surface area contributed by atoms with Crippen molar-refractivity contribution in [3.63, 3.8) is 0 Å². The Balaban J connectivity index is 1.50. The molecule has 1 aliphatic carbocycles. The lowest BCUT2D eigenvalue weighted by Gasteiger charge is -2.11. The van der Waals surface area contributed by atoms with Crippen molar-refractivity contribution in [1.82, 2.24) is 0 Å². The van der Waals surface area contributed by atoms with E-state index in [1.165, 1.54) is 12.1 Å². The first-order valence-corrected chi connectivity index (χ1v) is 9.41. The van der Waals surface area contributed by atoms with E-state index in [1.54, 1.807) is 19.1 Å². The van der Waals surface area contributed by atoms with Crippen molar-refractivity contribution in [2.45, 2.75) is 39.0 Å². The number of halogens is 1. The van der Waals surface area contributed by atoms with Crippen LogP contribution in [0.25, 0.3) is 0 Å². The molecule has 1 unspecified atom stereocenters. The lowest BCUT2D eigenvalue weighted by molar-refractivity contribution is -0.134. The molecule has 148 valence electrons. The Hall–Kier alpha value is -2.89. The number of Topliss-reactive ketones (excluding diaryl/α,β-unsaturated/α-hetero) is 1. The first kappa shape index (κ1) is 19.9. The Labute approximate surface area is 163 Å². The molecule has 6 heteroatoms. The van der Waals surface area contributed by atoms with Crippen LogP contribution in [0.15, 0.2) is 36.4 Å². The van der Waals surface area contributed by atoms with Gasteiger partial charge in [-0.05, 0) is 55.7 Å². The molecule has 1 atom stereocenters. The molecule has 0 saturated carbocycles. The minimum Gasteiger partial charge on any atom is -0.494 e. The zero-order valence-electron chi connectivity index (χ0n) is 16.0. The molecule has 0 N–H and O–H groups in total. The summed E-state index contributed by atoms with van der Waals surface area (Å²) in [7, 11) is 0. The summed E-state index contributed by atoms with van der Waals surface area (Å²) in [6.07, 6.45) is 0.823. The molecule has 3 rings (SSSR count). The number of hydrogen-bond acceptors (Lipinski definition) is 5. The predicted molar refractivity (Wildman–Crippen MR) is 102 cm³/mol. The number of carbonyl (C=O) groups is 2. The van der Waals surface area contributed by atoms with Gasteiger partial charge in [0.25, 0.3) is 0 Å². The van der Waals surface area contributed by atoms with Gasteiger partial charge in [0.1, 0.15) is 23.1 Å². The monoisotopic (exact) mass is 386 g/mol. The largest absolute Gasteiger partial charge is 0.494 e. The summed E-state index contributed by atoms with van der Waals surface area (Å²) in [5.74, 6) is 0.297. The Morgan fingerprint density at radius 3 is 2.46 bits per heavy atom. The van der Waals surface area contributed by atoms with E-state index in [2.05, 4.69) is 0 Å². The van der Waals surface area contributed by atoms with Crippen LogP contribution in [-0.2, 0) is 4.79 Å². The number of esters is 1. The maximum Gasteiger partial charge on any atom is 0.311 e. The van der Waals surface area contributed by atoms with E-state index in [9.17, 15) is 14.0 Å². The number of ether oxygens (including phenoxy) is 3. The van der Waals surface area contributed by atoms with Crippen LogP contribution in [0.5, 0.6) is 17.2 Å². The van der Waals surface area contributed by atoms with Gasteiger partial charge in [0.05, 0.1) is 18.8 Å². The number of carbonyl (C=O) groups excluding carboxylic acids is 2. The standard InChI is InChI=1S/C22H23FO5/c1-3-26-15-6-8-16(9-7-15)27-12-4-5-20(25)28-19-11-10-17(23)21-14(2)13-18(24)22(19)21/h6-11,14H,3-5,12-13H2,1-2H3. The summed E-state index contributed by atoms with van der Waals surface area (Å²) in [4.78, 5) is 24.2. The maximum atomic E-state index is 14.0. The molecule has 1 aliphatic rings. The van der Waals surface area contributed by atoms with Crippen LogP contribution in [0.3, 0.4) is 0 Å². The van der Waals surface area contributed by atoms with Crippen molar-refractivity contribution in [1.29, 1.82) is 0 Å². The van der Waals surface area contributed by atoms with Crippen LogP contribution >= 0.6 is 0 Å². The SMILES string of the molecule is CCOc1ccc(OCCCC(=O)Oc2ccc(F)c3c2C(=O)CC3C)cc1. The van der Waals surface area contributed by atoms with Gasteiger partial charge in [-0.2, -0.15) is 0 Å². The Morgan fingerprint density at radius 2 is 1.79 bits per heavy atom. The molecule has 2 aromatic carbocycles. The van der Waals surface area contributed by atoms with Crippen LogP contribution in [-0.4, -0.2) is 25.0 Å². The smallest absolute Gasteiger partial charge is 0.311 e. The minimum absolute atomic E-state index is 0.132. The zero-order valence-corrected chi connectivity index (χ0v) is 16.0. The molecule has 0 saturated heterocycles. The fraction of sp³-hybridized carbons (Fsp3) is 0.364. The molecule has 0 radical (unpaired) electrons. The molecule has 0 fully saturated rings. The van der Waals surface area contributed by atoms with E-state index < -0.39 is 11.8 Å². The van der Waals surface area contributed by atoms with Gasteiger partial charge in [-0.15, -0.1) is 0 Å². The molecular weight excluding hydrogens is 363 g/mol. The first-order valence-electron chi connectivity index (χ1n) is 9.41. The van der Waals surface area contributed by atoms with Gasteiger partial charge >= 0.3 is 5.97 Å². The average Bonchev–Trinajstić information content (AvgIpc) is 2.98. The third-order valence-corrected chi connectivity index (χ3v) is 4.57. The summed E-state index contributed by atoms with van der Waals surface area (Å²) < 4.78 is 30.3. The van der Waals surface area contributed by atoms with Gasteiger partial charge in [0.2, 0.25) is 0 Å². The highest BCUT2D eigenvalue weighted by Gasteiger charge is 2.33. The molecule has 0 spiro atoms. The Morgan fingerprint density at radius 1 is 1.11 bits per heavy atom. The van der Waals surface area contributed by atoms with Crippen molar-refractivity contribution in [3.05, 3.63) is 53.3 Å². The molecule has 0 amide bonds. The van der Waals surface area contributed by atoms with Crippen LogP contribution < -0.4 is 14.2 Å². The second-order valence-corrected chi connectivity index (χ2v) is 6.69. The number of rotatable bonds is 8. The average molecular weight is 386 g/mol. The highest BCUT2D eigenvalue weighted by molar-refractivity contribution is 6.04. The van der Waals surface area contributed by atoms with E-state index in [-0.39, 0.29) is 35.9 Å². The number of benzene rings is 2. The molecule has 0 bridgehead atoms. The van der Waals surface area contributed by atoms with Crippen molar-refractivity contribution in [2.24, 2.45) is 0 Å². The van der Waals surface area contributed by atoms with Gasteiger partial charge in [0.15, 0.2) is 5.78 Å². The topological polar surface area (TPSA) is 61.8 Å². The van der Waals surface area contributed by atoms with Gasteiger partial charge in [-0.3, -0.25) is 9.59 Å². The van der Waals surface area contributed by atoms with Gasteiger partial charge in [-0.1, -0.05) is 6.92 Å². The Kier molecular flexibility index (Phi) is 6.29. The van der Waals surface area contributed by atoms with Crippen molar-refractivity contribution >= 4 is 11.8 Å². The minimum atomic E-state index is -0.476. The molecule has 5 nitrogen and oxygen atoms in total. The third-order valence-electron chi connectivity index (χ3n) is 4.57. The molecular formula is C22H23FO5. The summed E-state index contributed by atoms with van der Waals surface area (Å²) in [6, 6.07) is 9.83. The quantitative estimate of drug-likeness (QED) is 0.375. The van der Waals surface area contributed by atoms with Crippen LogP contribution in [0, 0.1) is 5.82 Å². The lowest BCUT2D eigenvalue weighted by Crippen LogP contribution is -2.12. The van der Waals surface area contributed by atoms with E-state index in [4.69, 9.17) is 14.2 Å². The molecule has 0 heterocycles. The number of fused-ring (bicyclic) bond motifs is 1. The Bertz CT molecular complexity index is 860. The van der Waals surface area contributed by atoms with Gasteiger partial charge < -0.3 is 14.2 Å². The summed E-state index contributed by atoms with van der Waals surface area (Å²) in [5, 5.41) is 0. The zero-order chi connectivity index (χ0) is 20.1. The molecule has 28 heavy (non-hydrogen) atoms. The summed E-state index contributed by atoms with van der Waals surface area (Å²) >= 11 is 0. The molecule has 0 aromatic heterocycles. The fourth-order valence-corrected chi connectivity index (χ4v) is 3.29. The van der Waals surface area contributed by atoms with E-state index >= 15 is 0 Å². The van der Waals surface area contributed by atoms with E-state index in [0.717, 1.165) is 5.75 Å². The predicted octanol–water partition coefficient (Wildman–Crippen LogP) is 4.68. The normalized spacial score (nSPS) is 15.2. The van der Waals surface area contributed by atoms with Gasteiger partial charge in [-0.25, -0.2) is 4.39 Å². The van der Waals surface area contributed by atoms with Crippen LogP contribution in [0.1, 0.15) is 54.9 Å². The lowest BCUT2D eigenvalue weighted by atomic mass is 10.0. The van der Waals surface area contributed by atoms with Crippen molar-refractivity contribution < 1.29 is 28.2 Å². The maximum absolute atomic E-state index is 14.0. The second-order valence-electron chi connectivity index (χ2n) is 6.69. The van der Waals surface area contributed by atoms with Crippen molar-refractivity contribution in [2.75, 3.05) is 13.2 Å². The highest BCUT2D eigenvalue weighted by Crippen LogP contribution is 2.39. The van der Waals surface area contributed by atoms with Crippen molar-refractivity contribution in [3.8, 4) is 17.2 Å². The van der Waals surface area contributed by atoms with Crippen LogP contribution in [0.2, 0.25) is 0 Å². The second kappa shape index (κ2) is 8.87.